The van der Waals surface area contributed by atoms with Gasteiger partial charge in [-0.2, -0.15) is 5.10 Å². The van der Waals surface area contributed by atoms with Gasteiger partial charge < -0.3 is 10.5 Å². The van der Waals surface area contributed by atoms with Gasteiger partial charge in [-0.3, -0.25) is 0 Å². The quantitative estimate of drug-likeness (QED) is 0.647. The number of carbonyl (C=O) groups is 1. The van der Waals surface area contributed by atoms with Crippen LogP contribution < -0.4 is 15.9 Å². The highest BCUT2D eigenvalue weighted by Crippen LogP contribution is 2.25. The van der Waals surface area contributed by atoms with Gasteiger partial charge in [0.1, 0.15) is 5.75 Å². The molecule has 1 aromatic carbocycles. The summed E-state index contributed by atoms with van der Waals surface area (Å²) in [6, 6.07) is 4.84. The predicted octanol–water partition coefficient (Wildman–Crippen LogP) is 2.49. The molecule has 0 heterocycles. The molecule has 0 aliphatic carbocycles. The van der Waals surface area contributed by atoms with E-state index in [1.165, 1.54) is 6.21 Å². The summed E-state index contributed by atoms with van der Waals surface area (Å²) in [6.07, 6.45) is 1.50. The standard InChI is InChI=1S/C12H16BrN3O2/c1-8(2)7-18-11-4-3-9(5-10(11)13)6-15-16-12(14)17/h3-6,8H,7H2,1-2H3,(H3,14,16,17)/b15-6+. The average Bonchev–Trinajstić information content (AvgIpc) is 2.27. The van der Waals surface area contributed by atoms with Gasteiger partial charge in [-0.05, 0) is 45.6 Å². The molecule has 0 saturated carbocycles. The second-order valence-corrected chi connectivity index (χ2v) is 4.98. The normalized spacial score (nSPS) is 10.9. The highest BCUT2D eigenvalue weighted by Gasteiger charge is 2.03. The molecule has 0 aliphatic heterocycles. The number of amides is 2. The smallest absolute Gasteiger partial charge is 0.332 e. The number of benzene rings is 1. The summed E-state index contributed by atoms with van der Waals surface area (Å²) in [4.78, 5) is 10.4. The zero-order valence-electron chi connectivity index (χ0n) is 10.3. The van der Waals surface area contributed by atoms with E-state index in [1.807, 2.05) is 18.2 Å². The molecule has 0 spiro atoms. The van der Waals surface area contributed by atoms with Crippen molar-refractivity contribution in [1.82, 2.24) is 5.43 Å². The monoisotopic (exact) mass is 313 g/mol. The van der Waals surface area contributed by atoms with Crippen LogP contribution in [0.1, 0.15) is 19.4 Å². The molecule has 0 unspecified atom stereocenters. The number of hydrazone groups is 1. The summed E-state index contributed by atoms with van der Waals surface area (Å²) in [5, 5.41) is 3.67. The van der Waals surface area contributed by atoms with E-state index in [-0.39, 0.29) is 0 Å². The van der Waals surface area contributed by atoms with E-state index in [0.717, 1.165) is 15.8 Å². The zero-order valence-corrected chi connectivity index (χ0v) is 11.9. The number of halogens is 1. The van der Waals surface area contributed by atoms with Crippen molar-refractivity contribution in [1.29, 1.82) is 0 Å². The summed E-state index contributed by atoms with van der Waals surface area (Å²) in [6.45, 7) is 4.84. The molecule has 0 aromatic heterocycles. The second kappa shape index (κ2) is 7.00. The van der Waals surface area contributed by atoms with Crippen molar-refractivity contribution in [3.8, 4) is 5.75 Å². The highest BCUT2D eigenvalue weighted by molar-refractivity contribution is 9.10. The molecule has 0 radical (unpaired) electrons. The number of nitrogens with one attached hydrogen (secondary N) is 1. The maximum absolute atomic E-state index is 10.4. The second-order valence-electron chi connectivity index (χ2n) is 4.13. The highest BCUT2D eigenvalue weighted by atomic mass is 79.9. The van der Waals surface area contributed by atoms with Gasteiger partial charge in [-0.25, -0.2) is 10.2 Å². The van der Waals surface area contributed by atoms with E-state index >= 15 is 0 Å². The minimum Gasteiger partial charge on any atom is -0.492 e. The van der Waals surface area contributed by atoms with Crippen LogP contribution in [-0.4, -0.2) is 18.9 Å². The molecule has 18 heavy (non-hydrogen) atoms. The Morgan fingerprint density at radius 2 is 2.33 bits per heavy atom. The molecular formula is C12H16BrN3O2. The lowest BCUT2D eigenvalue weighted by molar-refractivity contribution is 0.249. The lowest BCUT2D eigenvalue weighted by atomic mass is 10.2. The number of urea groups is 1. The number of ether oxygens (including phenoxy) is 1. The summed E-state index contributed by atoms with van der Waals surface area (Å²) in [7, 11) is 0. The number of nitrogens with zero attached hydrogens (tertiary/aromatic N) is 1. The minimum atomic E-state index is -0.692. The van der Waals surface area contributed by atoms with Crippen LogP contribution in [0.5, 0.6) is 5.75 Å². The maximum atomic E-state index is 10.4. The Morgan fingerprint density at radius 1 is 1.61 bits per heavy atom. The number of hydrogen-bond donors (Lipinski definition) is 2. The molecular weight excluding hydrogens is 298 g/mol. The largest absolute Gasteiger partial charge is 0.492 e. The Balaban J connectivity index is 2.67. The molecule has 0 saturated heterocycles. The third-order valence-electron chi connectivity index (χ3n) is 1.92. The van der Waals surface area contributed by atoms with E-state index in [0.29, 0.717) is 12.5 Å². The number of primary amides is 1. The predicted molar refractivity (Wildman–Crippen MR) is 74.8 cm³/mol. The molecule has 0 bridgehead atoms. The molecule has 5 nitrogen and oxygen atoms in total. The molecule has 0 fully saturated rings. The Labute approximate surface area is 115 Å². The van der Waals surface area contributed by atoms with Crippen LogP contribution in [0.3, 0.4) is 0 Å². The van der Waals surface area contributed by atoms with Crippen molar-refractivity contribution in [3.63, 3.8) is 0 Å². The molecule has 98 valence electrons. The molecule has 0 atom stereocenters. The van der Waals surface area contributed by atoms with Crippen LogP contribution in [0.2, 0.25) is 0 Å². The van der Waals surface area contributed by atoms with Crippen molar-refractivity contribution < 1.29 is 9.53 Å². The van der Waals surface area contributed by atoms with Crippen molar-refractivity contribution in [2.75, 3.05) is 6.61 Å². The van der Waals surface area contributed by atoms with E-state index in [4.69, 9.17) is 10.5 Å². The Morgan fingerprint density at radius 3 is 2.89 bits per heavy atom. The fraction of sp³-hybridized carbons (Fsp3) is 0.333. The third kappa shape index (κ3) is 5.18. The van der Waals surface area contributed by atoms with Crippen LogP contribution in [-0.2, 0) is 0 Å². The van der Waals surface area contributed by atoms with Gasteiger partial charge in [0, 0.05) is 0 Å². The third-order valence-corrected chi connectivity index (χ3v) is 2.54. The fourth-order valence-corrected chi connectivity index (χ4v) is 1.65. The van der Waals surface area contributed by atoms with Crippen LogP contribution in [0.15, 0.2) is 27.8 Å². The van der Waals surface area contributed by atoms with Crippen LogP contribution in [0.4, 0.5) is 4.79 Å². The van der Waals surface area contributed by atoms with Crippen molar-refractivity contribution in [2.45, 2.75) is 13.8 Å². The Kier molecular flexibility index (Phi) is 5.64. The van der Waals surface area contributed by atoms with E-state index in [1.54, 1.807) is 0 Å². The minimum absolute atomic E-state index is 0.470. The van der Waals surface area contributed by atoms with E-state index < -0.39 is 6.03 Å². The first-order valence-corrected chi connectivity index (χ1v) is 6.29. The Bertz CT molecular complexity index is 447. The Hall–Kier alpha value is -1.56. The topological polar surface area (TPSA) is 76.7 Å². The summed E-state index contributed by atoms with van der Waals surface area (Å²) in [5.74, 6) is 1.25. The van der Waals surface area contributed by atoms with E-state index in [2.05, 4.69) is 40.3 Å². The first-order chi connectivity index (χ1) is 8.49. The van der Waals surface area contributed by atoms with Crippen LogP contribution >= 0.6 is 15.9 Å². The molecule has 3 N–H and O–H groups in total. The van der Waals surface area contributed by atoms with Crippen LogP contribution in [0, 0.1) is 5.92 Å². The van der Waals surface area contributed by atoms with Gasteiger partial charge in [-0.1, -0.05) is 13.8 Å². The molecule has 6 heteroatoms. The first kappa shape index (κ1) is 14.5. The van der Waals surface area contributed by atoms with Gasteiger partial charge in [0.15, 0.2) is 0 Å². The van der Waals surface area contributed by atoms with Gasteiger partial charge in [0.2, 0.25) is 0 Å². The van der Waals surface area contributed by atoms with Crippen LogP contribution in [0.25, 0.3) is 0 Å². The van der Waals surface area contributed by atoms with Crippen molar-refractivity contribution >= 4 is 28.2 Å². The average molecular weight is 314 g/mol. The molecule has 0 aliphatic rings. The molecule has 1 aromatic rings. The lowest BCUT2D eigenvalue weighted by Crippen LogP contribution is -2.24. The maximum Gasteiger partial charge on any atom is 0.332 e. The fourth-order valence-electron chi connectivity index (χ4n) is 1.14. The lowest BCUT2D eigenvalue weighted by Gasteiger charge is -2.10. The van der Waals surface area contributed by atoms with Gasteiger partial charge in [0.25, 0.3) is 0 Å². The first-order valence-electron chi connectivity index (χ1n) is 5.50. The molecule has 1 rings (SSSR count). The summed E-state index contributed by atoms with van der Waals surface area (Å²) < 4.78 is 6.45. The number of hydrogen-bond acceptors (Lipinski definition) is 3. The van der Waals surface area contributed by atoms with E-state index in [9.17, 15) is 4.79 Å². The number of nitrogens with two attached hydrogens (primary N) is 1. The van der Waals surface area contributed by atoms with Gasteiger partial charge >= 0.3 is 6.03 Å². The number of rotatable bonds is 5. The summed E-state index contributed by atoms with van der Waals surface area (Å²) >= 11 is 3.42. The SMILES string of the molecule is CC(C)COc1ccc(/C=N/NC(N)=O)cc1Br. The van der Waals surface area contributed by atoms with Crippen molar-refractivity contribution in [2.24, 2.45) is 16.8 Å². The van der Waals surface area contributed by atoms with Crippen molar-refractivity contribution in [3.05, 3.63) is 28.2 Å². The molecule has 2 amide bonds. The number of carbonyl (C=O) groups excluding carboxylic acids is 1. The van der Waals surface area contributed by atoms with Gasteiger partial charge in [-0.15, -0.1) is 0 Å². The zero-order chi connectivity index (χ0) is 13.5. The summed E-state index contributed by atoms with van der Waals surface area (Å²) in [5.41, 5.74) is 7.84. The van der Waals surface area contributed by atoms with Gasteiger partial charge in [0.05, 0.1) is 17.3 Å².